The summed E-state index contributed by atoms with van der Waals surface area (Å²) in [5.74, 6) is -0.208. The fourth-order valence-corrected chi connectivity index (χ4v) is 1.55. The molecule has 0 aliphatic heterocycles. The van der Waals surface area contributed by atoms with Crippen LogP contribution in [0.15, 0.2) is 6.07 Å². The molecule has 0 saturated carbocycles. The molecule has 6 heteroatoms. The van der Waals surface area contributed by atoms with Crippen molar-refractivity contribution in [2.24, 2.45) is 0 Å². The predicted octanol–water partition coefficient (Wildman–Crippen LogP) is 1.89. The van der Waals surface area contributed by atoms with Crippen LogP contribution in [0.5, 0.6) is 5.75 Å². The number of ether oxygens (including phenoxy) is 1. The average Bonchev–Trinajstić information content (AvgIpc) is 2.31. The van der Waals surface area contributed by atoms with Gasteiger partial charge in [-0.2, -0.15) is 0 Å². The first-order valence-corrected chi connectivity index (χ1v) is 4.25. The minimum atomic E-state index is -0.509. The van der Waals surface area contributed by atoms with Crippen LogP contribution in [-0.2, 0) is 4.79 Å². The lowest BCUT2D eigenvalue weighted by molar-refractivity contribution is -0.380. The van der Waals surface area contributed by atoms with Crippen LogP contribution in [0, 0.1) is 17.0 Å². The summed E-state index contributed by atoms with van der Waals surface area (Å²) in [6, 6.07) is 1.25. The summed E-state index contributed by atoms with van der Waals surface area (Å²) in [5, 5.41) is 10.3. The SMILES string of the molecule is CC(=O)Oc1cc([N+](=O)[O-])sc1C. The molecule has 0 fully saturated rings. The molecule has 0 aromatic carbocycles. The van der Waals surface area contributed by atoms with Crippen molar-refractivity contribution in [3.8, 4) is 5.75 Å². The Hall–Kier alpha value is -1.43. The lowest BCUT2D eigenvalue weighted by Crippen LogP contribution is -2.00. The molecular formula is C7H7NO4S. The van der Waals surface area contributed by atoms with E-state index in [0.29, 0.717) is 4.88 Å². The van der Waals surface area contributed by atoms with Gasteiger partial charge in [0.1, 0.15) is 0 Å². The van der Waals surface area contributed by atoms with Crippen molar-refractivity contribution in [3.63, 3.8) is 0 Å². The quantitative estimate of drug-likeness (QED) is 0.416. The van der Waals surface area contributed by atoms with Crippen LogP contribution in [0.4, 0.5) is 5.00 Å². The van der Waals surface area contributed by atoms with E-state index in [0.717, 1.165) is 11.3 Å². The molecule has 1 heterocycles. The van der Waals surface area contributed by atoms with E-state index in [2.05, 4.69) is 0 Å². The normalized spacial score (nSPS) is 9.69. The van der Waals surface area contributed by atoms with Gasteiger partial charge in [-0.25, -0.2) is 0 Å². The molecule has 0 aliphatic rings. The van der Waals surface area contributed by atoms with E-state index in [4.69, 9.17) is 4.74 Å². The van der Waals surface area contributed by atoms with Crippen LogP contribution in [0.1, 0.15) is 11.8 Å². The minimum Gasteiger partial charge on any atom is -0.425 e. The average molecular weight is 201 g/mol. The Morgan fingerprint density at radius 3 is 2.69 bits per heavy atom. The summed E-state index contributed by atoms with van der Waals surface area (Å²) in [6.45, 7) is 2.92. The van der Waals surface area contributed by atoms with Crippen molar-refractivity contribution in [1.82, 2.24) is 0 Å². The molecule has 0 bridgehead atoms. The second-order valence-electron chi connectivity index (χ2n) is 2.36. The lowest BCUT2D eigenvalue weighted by atomic mass is 10.4. The van der Waals surface area contributed by atoms with Crippen LogP contribution in [0.25, 0.3) is 0 Å². The Labute approximate surface area is 78.1 Å². The maximum absolute atomic E-state index is 10.6. The maximum atomic E-state index is 10.6. The molecule has 13 heavy (non-hydrogen) atoms. The van der Waals surface area contributed by atoms with Gasteiger partial charge in [0.15, 0.2) is 5.75 Å². The van der Waals surface area contributed by atoms with Crippen LogP contribution >= 0.6 is 11.3 Å². The predicted molar refractivity (Wildman–Crippen MR) is 47.0 cm³/mol. The van der Waals surface area contributed by atoms with Gasteiger partial charge in [0.25, 0.3) is 0 Å². The standard InChI is InChI=1S/C7H7NO4S/c1-4-6(12-5(2)9)3-7(13-4)8(10)11/h3H,1-2H3. The number of thiophene rings is 1. The number of carbonyl (C=O) groups excluding carboxylic acids is 1. The summed E-state index contributed by atoms with van der Waals surface area (Å²) in [6.07, 6.45) is 0. The zero-order valence-electron chi connectivity index (χ0n) is 7.07. The van der Waals surface area contributed by atoms with Crippen molar-refractivity contribution < 1.29 is 14.5 Å². The third kappa shape index (κ3) is 2.25. The van der Waals surface area contributed by atoms with E-state index in [9.17, 15) is 14.9 Å². The molecule has 0 radical (unpaired) electrons. The van der Waals surface area contributed by atoms with Gasteiger partial charge in [-0.05, 0) is 6.92 Å². The van der Waals surface area contributed by atoms with Crippen LogP contribution < -0.4 is 4.74 Å². The molecule has 0 aliphatic carbocycles. The highest BCUT2D eigenvalue weighted by atomic mass is 32.1. The minimum absolute atomic E-state index is 0.0197. The van der Waals surface area contributed by atoms with Crippen molar-refractivity contribution in [2.75, 3.05) is 0 Å². The summed E-state index contributed by atoms with van der Waals surface area (Å²) >= 11 is 0.988. The van der Waals surface area contributed by atoms with Gasteiger partial charge in [0, 0.05) is 6.92 Å². The van der Waals surface area contributed by atoms with E-state index >= 15 is 0 Å². The molecular weight excluding hydrogens is 194 g/mol. The first kappa shape index (κ1) is 9.66. The molecule has 0 N–H and O–H groups in total. The van der Waals surface area contributed by atoms with Crippen LogP contribution in [0.2, 0.25) is 0 Å². The monoisotopic (exact) mass is 201 g/mol. The van der Waals surface area contributed by atoms with Gasteiger partial charge < -0.3 is 4.74 Å². The number of carbonyl (C=O) groups is 1. The van der Waals surface area contributed by atoms with Crippen LogP contribution in [-0.4, -0.2) is 10.9 Å². The second-order valence-corrected chi connectivity index (χ2v) is 3.59. The molecule has 0 spiro atoms. The first-order valence-electron chi connectivity index (χ1n) is 3.44. The Balaban J connectivity index is 2.96. The Morgan fingerprint density at radius 2 is 2.31 bits per heavy atom. The Bertz CT molecular complexity index is 357. The third-order valence-electron chi connectivity index (χ3n) is 1.29. The summed E-state index contributed by atoms with van der Waals surface area (Å²) in [4.78, 5) is 21.0. The zero-order valence-corrected chi connectivity index (χ0v) is 7.88. The largest absolute Gasteiger partial charge is 0.425 e. The highest BCUT2D eigenvalue weighted by Crippen LogP contribution is 2.33. The van der Waals surface area contributed by atoms with Gasteiger partial charge in [-0.1, -0.05) is 11.3 Å². The van der Waals surface area contributed by atoms with E-state index in [1.807, 2.05) is 0 Å². The van der Waals surface area contributed by atoms with E-state index in [1.54, 1.807) is 6.92 Å². The molecule has 0 amide bonds. The highest BCUT2D eigenvalue weighted by Gasteiger charge is 2.15. The molecule has 0 atom stereocenters. The van der Waals surface area contributed by atoms with E-state index in [1.165, 1.54) is 13.0 Å². The van der Waals surface area contributed by atoms with Crippen molar-refractivity contribution in [1.29, 1.82) is 0 Å². The zero-order chi connectivity index (χ0) is 10.0. The molecule has 1 aromatic heterocycles. The van der Waals surface area contributed by atoms with Crippen LogP contribution in [0.3, 0.4) is 0 Å². The summed E-state index contributed by atoms with van der Waals surface area (Å²) in [7, 11) is 0. The van der Waals surface area contributed by atoms with Crippen molar-refractivity contribution in [2.45, 2.75) is 13.8 Å². The number of aryl methyl sites for hydroxylation is 1. The maximum Gasteiger partial charge on any atom is 0.328 e. The number of hydrogen-bond acceptors (Lipinski definition) is 5. The second kappa shape index (κ2) is 3.53. The Kier molecular flexibility index (Phi) is 2.62. The molecule has 5 nitrogen and oxygen atoms in total. The Morgan fingerprint density at radius 1 is 1.69 bits per heavy atom. The number of nitrogens with zero attached hydrogens (tertiary/aromatic N) is 1. The number of nitro groups is 1. The molecule has 0 saturated heterocycles. The fourth-order valence-electron chi connectivity index (χ4n) is 0.797. The summed E-state index contributed by atoms with van der Waals surface area (Å²) < 4.78 is 4.74. The lowest BCUT2D eigenvalue weighted by Gasteiger charge is -1.95. The van der Waals surface area contributed by atoms with Gasteiger partial charge in [-0.3, -0.25) is 14.9 Å². The number of hydrogen-bond donors (Lipinski definition) is 0. The van der Waals surface area contributed by atoms with E-state index in [-0.39, 0.29) is 10.8 Å². The van der Waals surface area contributed by atoms with Gasteiger partial charge in [0.05, 0.1) is 15.9 Å². The fraction of sp³-hybridized carbons (Fsp3) is 0.286. The van der Waals surface area contributed by atoms with Crippen molar-refractivity contribution >= 4 is 22.3 Å². The number of esters is 1. The molecule has 1 aromatic rings. The highest BCUT2D eigenvalue weighted by molar-refractivity contribution is 7.15. The van der Waals surface area contributed by atoms with Gasteiger partial charge in [-0.15, -0.1) is 0 Å². The topological polar surface area (TPSA) is 69.4 Å². The molecule has 0 unspecified atom stereocenters. The van der Waals surface area contributed by atoms with E-state index < -0.39 is 10.9 Å². The smallest absolute Gasteiger partial charge is 0.328 e. The number of rotatable bonds is 2. The third-order valence-corrected chi connectivity index (χ3v) is 2.28. The van der Waals surface area contributed by atoms with Crippen molar-refractivity contribution in [3.05, 3.63) is 21.1 Å². The molecule has 70 valence electrons. The molecule has 1 rings (SSSR count). The van der Waals surface area contributed by atoms with Gasteiger partial charge >= 0.3 is 11.0 Å². The first-order chi connectivity index (χ1) is 6.00. The summed E-state index contributed by atoms with van der Waals surface area (Å²) in [5.41, 5.74) is 0. The van der Waals surface area contributed by atoms with Gasteiger partial charge in [0.2, 0.25) is 0 Å².